The molecular formula is C25H31N5O2. The van der Waals surface area contributed by atoms with Crippen molar-refractivity contribution < 1.29 is 5.11 Å². The van der Waals surface area contributed by atoms with Crippen molar-refractivity contribution in [3.63, 3.8) is 0 Å². The van der Waals surface area contributed by atoms with Crippen molar-refractivity contribution in [3.8, 4) is 11.4 Å². The third-order valence-electron chi connectivity index (χ3n) is 6.57. The standard InChI is InChI=1S/C25H31N5O2/c1-5-29-13-11-19(12-14-29)21-7-6-8-22(24(21)31)26-27-23-18(4)28-30(25(23)32)20-10-9-16(2)17(3)15-20/h6-10,15,19,28,31H,5,11-14H2,1-4H3. The van der Waals surface area contributed by atoms with Crippen molar-refractivity contribution in [2.75, 3.05) is 19.6 Å². The zero-order valence-corrected chi connectivity index (χ0v) is 19.2. The van der Waals surface area contributed by atoms with E-state index in [1.165, 1.54) is 10.2 Å². The minimum atomic E-state index is -0.267. The van der Waals surface area contributed by atoms with Gasteiger partial charge in [0.15, 0.2) is 5.69 Å². The van der Waals surface area contributed by atoms with E-state index in [0.717, 1.165) is 49.3 Å². The number of H-pyrrole nitrogens is 1. The number of benzene rings is 2. The Balaban J connectivity index is 1.61. The molecule has 0 aliphatic carbocycles. The highest BCUT2D eigenvalue weighted by Crippen LogP contribution is 2.39. The summed E-state index contributed by atoms with van der Waals surface area (Å²) in [4.78, 5) is 15.4. The zero-order valence-electron chi connectivity index (χ0n) is 19.2. The second-order valence-corrected chi connectivity index (χ2v) is 8.62. The largest absolute Gasteiger partial charge is 0.505 e. The molecule has 0 radical (unpaired) electrons. The number of piperidine rings is 1. The molecule has 1 aliphatic rings. The van der Waals surface area contributed by atoms with Gasteiger partial charge in [0.05, 0.1) is 11.4 Å². The Kier molecular flexibility index (Phi) is 6.28. The summed E-state index contributed by atoms with van der Waals surface area (Å²) >= 11 is 0. The first kappa shape index (κ1) is 22.0. The molecule has 2 aromatic carbocycles. The first-order chi connectivity index (χ1) is 15.4. The third-order valence-corrected chi connectivity index (χ3v) is 6.57. The fourth-order valence-electron chi connectivity index (χ4n) is 4.32. The molecule has 3 aromatic rings. The predicted molar refractivity (Wildman–Crippen MR) is 127 cm³/mol. The van der Waals surface area contributed by atoms with Gasteiger partial charge in [-0.25, -0.2) is 4.68 Å². The number of aromatic amines is 1. The van der Waals surface area contributed by atoms with E-state index in [2.05, 4.69) is 27.2 Å². The molecule has 0 saturated carbocycles. The third kappa shape index (κ3) is 4.25. The molecule has 1 aromatic heterocycles. The SMILES string of the molecule is CCN1CCC(c2cccc(N=Nc3c(C)[nH]n(-c4ccc(C)c(C)c4)c3=O)c2O)CC1. The summed E-state index contributed by atoms with van der Waals surface area (Å²) in [6.45, 7) is 11.2. The molecule has 7 heteroatoms. The molecule has 0 atom stereocenters. The number of phenolic OH excluding ortho intramolecular Hbond substituents is 1. The van der Waals surface area contributed by atoms with Gasteiger partial charge in [-0.05, 0) is 94.1 Å². The highest BCUT2D eigenvalue weighted by molar-refractivity contribution is 5.56. The van der Waals surface area contributed by atoms with Crippen LogP contribution in [0, 0.1) is 20.8 Å². The molecule has 0 bridgehead atoms. The van der Waals surface area contributed by atoms with Gasteiger partial charge in [-0.2, -0.15) is 0 Å². The average molecular weight is 434 g/mol. The molecule has 1 fully saturated rings. The normalized spacial score (nSPS) is 15.6. The zero-order chi connectivity index (χ0) is 22.8. The number of phenols is 1. The molecule has 32 heavy (non-hydrogen) atoms. The maximum atomic E-state index is 13.0. The maximum absolute atomic E-state index is 13.0. The Morgan fingerprint density at radius 2 is 1.81 bits per heavy atom. The van der Waals surface area contributed by atoms with Gasteiger partial charge in [-0.15, -0.1) is 10.2 Å². The van der Waals surface area contributed by atoms with Crippen LogP contribution in [0.15, 0.2) is 51.4 Å². The van der Waals surface area contributed by atoms with E-state index >= 15 is 0 Å². The number of para-hydroxylation sites is 1. The number of hydrogen-bond donors (Lipinski definition) is 2. The van der Waals surface area contributed by atoms with Crippen LogP contribution in [-0.4, -0.2) is 39.4 Å². The summed E-state index contributed by atoms with van der Waals surface area (Å²) in [6, 6.07) is 11.4. The van der Waals surface area contributed by atoms with Gasteiger partial charge < -0.3 is 10.0 Å². The monoisotopic (exact) mass is 433 g/mol. The van der Waals surface area contributed by atoms with E-state index in [9.17, 15) is 9.90 Å². The van der Waals surface area contributed by atoms with Crippen molar-refractivity contribution >= 4 is 11.4 Å². The predicted octanol–water partition coefficient (Wildman–Crippen LogP) is 5.41. The second-order valence-electron chi connectivity index (χ2n) is 8.62. The molecule has 0 spiro atoms. The van der Waals surface area contributed by atoms with Gasteiger partial charge >= 0.3 is 0 Å². The number of aromatic nitrogens is 2. The number of nitrogens with one attached hydrogen (secondary N) is 1. The molecule has 1 saturated heterocycles. The van der Waals surface area contributed by atoms with Gasteiger partial charge in [0.25, 0.3) is 5.56 Å². The lowest BCUT2D eigenvalue weighted by Crippen LogP contribution is -2.32. The van der Waals surface area contributed by atoms with Crippen LogP contribution in [0.3, 0.4) is 0 Å². The summed E-state index contributed by atoms with van der Waals surface area (Å²) in [5.41, 5.74) is 4.93. The van der Waals surface area contributed by atoms with Crippen molar-refractivity contribution in [1.82, 2.24) is 14.7 Å². The average Bonchev–Trinajstić information content (AvgIpc) is 3.08. The Hall–Kier alpha value is -3.19. The van der Waals surface area contributed by atoms with Crippen molar-refractivity contribution in [2.24, 2.45) is 10.2 Å². The van der Waals surface area contributed by atoms with Crippen LogP contribution in [-0.2, 0) is 0 Å². The number of aromatic hydroxyl groups is 1. The lowest BCUT2D eigenvalue weighted by atomic mass is 9.88. The molecule has 168 valence electrons. The van der Waals surface area contributed by atoms with Crippen LogP contribution in [0.1, 0.15) is 48.1 Å². The smallest absolute Gasteiger partial charge is 0.299 e. The number of hydrogen-bond acceptors (Lipinski definition) is 5. The van der Waals surface area contributed by atoms with E-state index in [4.69, 9.17) is 0 Å². The number of aryl methyl sites for hydroxylation is 3. The molecule has 4 rings (SSSR count). The fraction of sp³-hybridized carbons (Fsp3) is 0.400. The number of rotatable bonds is 5. The van der Waals surface area contributed by atoms with E-state index < -0.39 is 0 Å². The van der Waals surface area contributed by atoms with Crippen molar-refractivity contribution in [2.45, 2.75) is 46.5 Å². The Morgan fingerprint density at radius 3 is 2.50 bits per heavy atom. The Bertz CT molecular complexity index is 1200. The topological polar surface area (TPSA) is 86.0 Å². The van der Waals surface area contributed by atoms with Gasteiger partial charge in [-0.3, -0.25) is 9.89 Å². The van der Waals surface area contributed by atoms with E-state index in [1.54, 1.807) is 13.0 Å². The lowest BCUT2D eigenvalue weighted by molar-refractivity contribution is 0.221. The van der Waals surface area contributed by atoms with E-state index in [1.807, 2.05) is 44.2 Å². The summed E-state index contributed by atoms with van der Waals surface area (Å²) in [6.07, 6.45) is 2.03. The molecule has 0 amide bonds. The summed E-state index contributed by atoms with van der Waals surface area (Å²) in [5, 5.41) is 22.4. The van der Waals surface area contributed by atoms with Gasteiger partial charge in [0.1, 0.15) is 11.4 Å². The molecule has 0 unspecified atom stereocenters. The quantitative estimate of drug-likeness (QED) is 0.528. The molecule has 7 nitrogen and oxygen atoms in total. The summed E-state index contributed by atoms with van der Waals surface area (Å²) in [5.74, 6) is 0.470. The Labute approximate surface area is 188 Å². The van der Waals surface area contributed by atoms with Gasteiger partial charge in [-0.1, -0.05) is 25.1 Å². The van der Waals surface area contributed by atoms with Crippen LogP contribution in [0.4, 0.5) is 11.4 Å². The van der Waals surface area contributed by atoms with Crippen molar-refractivity contribution in [3.05, 3.63) is 69.1 Å². The number of likely N-dealkylation sites (tertiary alicyclic amines) is 1. The second kappa shape index (κ2) is 9.12. The summed E-state index contributed by atoms with van der Waals surface area (Å²) < 4.78 is 1.48. The highest BCUT2D eigenvalue weighted by Gasteiger charge is 2.23. The van der Waals surface area contributed by atoms with Crippen LogP contribution < -0.4 is 5.56 Å². The van der Waals surface area contributed by atoms with Crippen LogP contribution in [0.5, 0.6) is 5.75 Å². The summed E-state index contributed by atoms with van der Waals surface area (Å²) in [7, 11) is 0. The van der Waals surface area contributed by atoms with E-state index in [0.29, 0.717) is 17.3 Å². The molecule has 2 N–H and O–H groups in total. The minimum absolute atomic E-state index is 0.161. The van der Waals surface area contributed by atoms with Crippen LogP contribution in [0.2, 0.25) is 0 Å². The number of azo groups is 1. The fourth-order valence-corrected chi connectivity index (χ4v) is 4.32. The van der Waals surface area contributed by atoms with Gasteiger partial charge in [0.2, 0.25) is 0 Å². The Morgan fingerprint density at radius 1 is 1.06 bits per heavy atom. The molecule has 1 aliphatic heterocycles. The highest BCUT2D eigenvalue weighted by atomic mass is 16.3. The molecule has 2 heterocycles. The van der Waals surface area contributed by atoms with Crippen molar-refractivity contribution in [1.29, 1.82) is 0 Å². The van der Waals surface area contributed by atoms with Gasteiger partial charge in [0, 0.05) is 0 Å². The number of nitrogens with zero attached hydrogens (tertiary/aromatic N) is 4. The van der Waals surface area contributed by atoms with E-state index in [-0.39, 0.29) is 17.0 Å². The lowest BCUT2D eigenvalue weighted by Gasteiger charge is -2.31. The minimum Gasteiger partial charge on any atom is -0.505 e. The first-order valence-electron chi connectivity index (χ1n) is 11.2. The van der Waals surface area contributed by atoms with Crippen LogP contribution in [0.25, 0.3) is 5.69 Å². The maximum Gasteiger partial charge on any atom is 0.299 e. The molecular weight excluding hydrogens is 402 g/mol. The first-order valence-corrected chi connectivity index (χ1v) is 11.2. The van der Waals surface area contributed by atoms with Crippen LogP contribution >= 0.6 is 0 Å².